The highest BCUT2D eigenvalue weighted by Gasteiger charge is 2.39. The number of ether oxygens (including phenoxy) is 1. The fourth-order valence-corrected chi connectivity index (χ4v) is 3.15. The van der Waals surface area contributed by atoms with Crippen LogP contribution in [0, 0.1) is 5.82 Å². The second kappa shape index (κ2) is 9.16. The van der Waals surface area contributed by atoms with E-state index in [0.29, 0.717) is 5.56 Å². The van der Waals surface area contributed by atoms with Crippen LogP contribution in [-0.4, -0.2) is 18.8 Å². The minimum absolute atomic E-state index is 0.0389. The number of carbonyl (C=O) groups is 1. The molecule has 1 unspecified atom stereocenters. The summed E-state index contributed by atoms with van der Waals surface area (Å²) in [5.41, 5.74) is 0.117. The van der Waals surface area contributed by atoms with Crippen LogP contribution in [0.1, 0.15) is 34.3 Å². The molecule has 2 aromatic carbocycles. The van der Waals surface area contributed by atoms with E-state index in [1.54, 1.807) is 6.92 Å². The maximum absolute atomic E-state index is 13.5. The monoisotopic (exact) mass is 454 g/mol. The van der Waals surface area contributed by atoms with E-state index in [-0.39, 0.29) is 22.8 Å². The van der Waals surface area contributed by atoms with Gasteiger partial charge in [0.1, 0.15) is 0 Å². The molecule has 1 atom stereocenters. The van der Waals surface area contributed by atoms with E-state index in [1.807, 2.05) is 0 Å². The summed E-state index contributed by atoms with van der Waals surface area (Å²) < 4.78 is 58.8. The molecule has 0 saturated heterocycles. The van der Waals surface area contributed by atoms with E-state index in [9.17, 15) is 22.4 Å². The molecule has 2 nitrogen and oxygen atoms in total. The summed E-state index contributed by atoms with van der Waals surface area (Å²) in [6.07, 6.45) is -2.62. The fraction of sp³-hybridized carbons (Fsp3) is 0.211. The summed E-state index contributed by atoms with van der Waals surface area (Å²) in [6, 6.07) is 5.87. The van der Waals surface area contributed by atoms with Crippen molar-refractivity contribution >= 4 is 46.8 Å². The van der Waals surface area contributed by atoms with Crippen LogP contribution in [0.25, 0.3) is 6.08 Å². The Hall–Kier alpha value is -1.76. The number of alkyl halides is 3. The predicted molar refractivity (Wildman–Crippen MR) is 102 cm³/mol. The first-order valence-electron chi connectivity index (χ1n) is 7.90. The maximum atomic E-state index is 13.5. The Kier molecular flexibility index (Phi) is 7.37. The molecule has 2 aromatic rings. The quantitative estimate of drug-likeness (QED) is 0.268. The molecular weight excluding hydrogens is 443 g/mol. The van der Waals surface area contributed by atoms with Gasteiger partial charge in [-0.05, 0) is 42.3 Å². The first-order chi connectivity index (χ1) is 13.0. The van der Waals surface area contributed by atoms with Gasteiger partial charge in [0.2, 0.25) is 0 Å². The lowest BCUT2D eigenvalue weighted by Gasteiger charge is -2.18. The molecule has 0 amide bonds. The molecule has 0 saturated carbocycles. The molecule has 0 heterocycles. The van der Waals surface area contributed by atoms with Gasteiger partial charge in [-0.25, -0.2) is 9.18 Å². The first-order valence-corrected chi connectivity index (χ1v) is 9.04. The van der Waals surface area contributed by atoms with Crippen LogP contribution in [0.15, 0.2) is 36.4 Å². The van der Waals surface area contributed by atoms with Crippen LogP contribution in [0.3, 0.4) is 0 Å². The van der Waals surface area contributed by atoms with Crippen molar-refractivity contribution in [2.75, 3.05) is 6.61 Å². The van der Waals surface area contributed by atoms with Crippen molar-refractivity contribution < 1.29 is 27.1 Å². The van der Waals surface area contributed by atoms with E-state index in [2.05, 4.69) is 0 Å². The Morgan fingerprint density at radius 3 is 2.21 bits per heavy atom. The second-order valence-corrected chi connectivity index (χ2v) is 6.86. The number of esters is 1. The third-order valence-corrected chi connectivity index (χ3v) is 4.55. The van der Waals surface area contributed by atoms with E-state index in [4.69, 9.17) is 39.5 Å². The molecule has 0 aromatic heterocycles. The minimum atomic E-state index is -4.67. The summed E-state index contributed by atoms with van der Waals surface area (Å²) in [4.78, 5) is 11.7. The molecule has 0 aliphatic carbocycles. The average Bonchev–Trinajstić information content (AvgIpc) is 2.58. The molecule has 9 heteroatoms. The summed E-state index contributed by atoms with van der Waals surface area (Å²) in [5.74, 6) is -3.70. The van der Waals surface area contributed by atoms with Crippen molar-refractivity contribution in [3.05, 3.63) is 74.0 Å². The van der Waals surface area contributed by atoms with Crippen molar-refractivity contribution in [3.63, 3.8) is 0 Å². The molecule has 0 spiro atoms. The number of rotatable bonds is 5. The standard InChI is InChI=1S/C19H13Cl3F4O2/c1-2-28-18(27)12-5-3-10(7-14(12)20)4-6-13(19(24,25)26)11-8-15(21)17(23)16(22)9-11/h3-9,13H,2H2,1H3/b6-4+. The molecule has 2 rings (SSSR count). The summed E-state index contributed by atoms with van der Waals surface area (Å²) in [5, 5.41) is -0.976. The second-order valence-electron chi connectivity index (χ2n) is 5.64. The molecule has 0 fully saturated rings. The SMILES string of the molecule is CCOC(=O)c1ccc(/C=C/C(c2cc(Cl)c(F)c(Cl)c2)C(F)(F)F)cc1Cl. The molecule has 0 aliphatic rings. The molecular formula is C19H13Cl3F4O2. The Morgan fingerprint density at radius 1 is 1.11 bits per heavy atom. The molecule has 0 bridgehead atoms. The van der Waals surface area contributed by atoms with Crippen LogP contribution in [0.5, 0.6) is 0 Å². The van der Waals surface area contributed by atoms with Gasteiger partial charge in [-0.1, -0.05) is 53.0 Å². The van der Waals surface area contributed by atoms with Crippen LogP contribution < -0.4 is 0 Å². The van der Waals surface area contributed by atoms with E-state index < -0.39 is 33.9 Å². The maximum Gasteiger partial charge on any atom is 0.399 e. The summed E-state index contributed by atoms with van der Waals surface area (Å²) >= 11 is 17.2. The number of halogens is 7. The topological polar surface area (TPSA) is 26.3 Å². The molecule has 28 heavy (non-hydrogen) atoms. The van der Waals surface area contributed by atoms with Crippen LogP contribution in [0.4, 0.5) is 17.6 Å². The van der Waals surface area contributed by atoms with Crippen molar-refractivity contribution in [1.29, 1.82) is 0 Å². The first kappa shape index (κ1) is 22.5. The zero-order valence-corrected chi connectivity index (χ0v) is 16.6. The number of hydrogen-bond acceptors (Lipinski definition) is 2. The van der Waals surface area contributed by atoms with Gasteiger partial charge in [-0.3, -0.25) is 0 Å². The van der Waals surface area contributed by atoms with E-state index >= 15 is 0 Å². The van der Waals surface area contributed by atoms with Crippen molar-refractivity contribution in [3.8, 4) is 0 Å². The lowest BCUT2D eigenvalue weighted by atomic mass is 9.97. The third-order valence-electron chi connectivity index (χ3n) is 3.69. The average molecular weight is 456 g/mol. The Bertz CT molecular complexity index is 888. The van der Waals surface area contributed by atoms with Crippen molar-refractivity contribution in [2.24, 2.45) is 0 Å². The van der Waals surface area contributed by atoms with Gasteiger partial charge in [-0.15, -0.1) is 0 Å². The Balaban J connectivity index is 2.37. The van der Waals surface area contributed by atoms with Crippen LogP contribution in [0.2, 0.25) is 15.1 Å². The largest absolute Gasteiger partial charge is 0.462 e. The van der Waals surface area contributed by atoms with Gasteiger partial charge >= 0.3 is 12.1 Å². The van der Waals surface area contributed by atoms with Gasteiger partial charge in [0.15, 0.2) is 5.82 Å². The number of hydrogen-bond donors (Lipinski definition) is 0. The highest BCUT2D eigenvalue weighted by Crippen LogP contribution is 2.39. The number of carbonyl (C=O) groups excluding carboxylic acids is 1. The van der Waals surface area contributed by atoms with Gasteiger partial charge in [-0.2, -0.15) is 13.2 Å². The highest BCUT2D eigenvalue weighted by atomic mass is 35.5. The van der Waals surface area contributed by atoms with Crippen molar-refractivity contribution in [2.45, 2.75) is 19.0 Å². The van der Waals surface area contributed by atoms with Gasteiger partial charge in [0.25, 0.3) is 0 Å². The zero-order chi connectivity index (χ0) is 21.1. The van der Waals surface area contributed by atoms with Crippen LogP contribution >= 0.6 is 34.8 Å². The molecule has 0 aliphatic heterocycles. The number of allylic oxidation sites excluding steroid dienone is 1. The normalized spacial score (nSPS) is 13.0. The van der Waals surface area contributed by atoms with Gasteiger partial charge in [0, 0.05) is 0 Å². The summed E-state index contributed by atoms with van der Waals surface area (Å²) in [7, 11) is 0. The van der Waals surface area contributed by atoms with Crippen molar-refractivity contribution in [1.82, 2.24) is 0 Å². The van der Waals surface area contributed by atoms with Crippen LogP contribution in [-0.2, 0) is 4.74 Å². The Labute approximate surface area is 173 Å². The predicted octanol–water partition coefficient (Wildman–Crippen LogP) is 7.32. The fourth-order valence-electron chi connectivity index (χ4n) is 2.38. The lowest BCUT2D eigenvalue weighted by molar-refractivity contribution is -0.139. The molecule has 0 radical (unpaired) electrons. The molecule has 0 N–H and O–H groups in total. The van der Waals surface area contributed by atoms with Gasteiger partial charge < -0.3 is 4.74 Å². The van der Waals surface area contributed by atoms with E-state index in [0.717, 1.165) is 18.2 Å². The Morgan fingerprint density at radius 2 is 1.71 bits per heavy atom. The lowest BCUT2D eigenvalue weighted by Crippen LogP contribution is -2.19. The highest BCUT2D eigenvalue weighted by molar-refractivity contribution is 6.35. The summed E-state index contributed by atoms with van der Waals surface area (Å²) in [6.45, 7) is 1.79. The minimum Gasteiger partial charge on any atom is -0.462 e. The number of benzene rings is 2. The van der Waals surface area contributed by atoms with E-state index in [1.165, 1.54) is 24.3 Å². The molecule has 150 valence electrons. The van der Waals surface area contributed by atoms with Gasteiger partial charge in [0.05, 0.1) is 33.2 Å². The third kappa shape index (κ3) is 5.40. The smallest absolute Gasteiger partial charge is 0.399 e. The zero-order valence-electron chi connectivity index (χ0n) is 14.3.